The molecule has 0 aromatic carbocycles. The van der Waals surface area contributed by atoms with Gasteiger partial charge in [-0.2, -0.15) is 0 Å². The Labute approximate surface area is 88.1 Å². The van der Waals surface area contributed by atoms with Gasteiger partial charge in [0.2, 0.25) is 5.91 Å². The molecule has 0 aromatic heterocycles. The van der Waals surface area contributed by atoms with Gasteiger partial charge in [0.1, 0.15) is 0 Å². The molecule has 0 aliphatic heterocycles. The molecule has 0 heterocycles. The molecule has 0 saturated carbocycles. The van der Waals surface area contributed by atoms with Crippen LogP contribution in [0, 0.1) is 0 Å². The first-order valence-corrected chi connectivity index (χ1v) is 5.61. The van der Waals surface area contributed by atoms with E-state index in [1.54, 1.807) is 0 Å². The molecule has 0 bridgehead atoms. The summed E-state index contributed by atoms with van der Waals surface area (Å²) in [5.74, 6) is 0.264. The van der Waals surface area contributed by atoms with E-state index in [0.717, 1.165) is 32.6 Å². The molecular weight excluding hydrogens is 176 g/mol. The van der Waals surface area contributed by atoms with Gasteiger partial charge in [0.05, 0.1) is 0 Å². The van der Waals surface area contributed by atoms with Crippen LogP contribution in [0.25, 0.3) is 0 Å². The summed E-state index contributed by atoms with van der Waals surface area (Å²) >= 11 is 0. The molecule has 0 aliphatic carbocycles. The summed E-state index contributed by atoms with van der Waals surface area (Å²) in [5.41, 5.74) is 0. The highest BCUT2D eigenvalue weighted by Gasteiger charge is 2.08. The first kappa shape index (κ1) is 13.4. The zero-order valence-corrected chi connectivity index (χ0v) is 10.0. The number of rotatable bonds is 7. The molecule has 0 aromatic rings. The Kier molecular flexibility index (Phi) is 7.48. The molecule has 0 N–H and O–H groups in total. The van der Waals surface area contributed by atoms with Gasteiger partial charge in [-0.05, 0) is 19.5 Å². The van der Waals surface area contributed by atoms with Crippen molar-refractivity contribution in [2.75, 3.05) is 33.2 Å². The van der Waals surface area contributed by atoms with Gasteiger partial charge in [0.15, 0.2) is 0 Å². The van der Waals surface area contributed by atoms with E-state index in [4.69, 9.17) is 0 Å². The Bertz CT molecular complexity index is 155. The fourth-order valence-electron chi connectivity index (χ4n) is 1.36. The minimum atomic E-state index is 0.264. The Hall–Kier alpha value is -0.570. The van der Waals surface area contributed by atoms with E-state index in [2.05, 4.69) is 18.7 Å². The molecule has 0 spiro atoms. The standard InChI is InChI=1S/C11H24N2O/c1-5-8-11(14)12(4)9-10-13(6-2)7-3/h5-10H2,1-4H3. The third-order valence-corrected chi connectivity index (χ3v) is 2.54. The first-order chi connectivity index (χ1) is 6.65. The number of likely N-dealkylation sites (N-methyl/N-ethyl adjacent to an activating group) is 2. The van der Waals surface area contributed by atoms with Crippen molar-refractivity contribution in [3.8, 4) is 0 Å². The maximum absolute atomic E-state index is 11.4. The second-order valence-electron chi connectivity index (χ2n) is 3.59. The van der Waals surface area contributed by atoms with Crippen molar-refractivity contribution in [3.63, 3.8) is 0 Å². The molecule has 0 unspecified atom stereocenters. The smallest absolute Gasteiger partial charge is 0.222 e. The van der Waals surface area contributed by atoms with Gasteiger partial charge >= 0.3 is 0 Å². The fourth-order valence-corrected chi connectivity index (χ4v) is 1.36. The van der Waals surface area contributed by atoms with Crippen molar-refractivity contribution in [3.05, 3.63) is 0 Å². The van der Waals surface area contributed by atoms with Gasteiger partial charge in [-0.15, -0.1) is 0 Å². The highest BCUT2D eigenvalue weighted by atomic mass is 16.2. The van der Waals surface area contributed by atoms with Crippen LogP contribution in [0.15, 0.2) is 0 Å². The maximum atomic E-state index is 11.4. The zero-order chi connectivity index (χ0) is 11.0. The molecule has 0 aliphatic rings. The lowest BCUT2D eigenvalue weighted by molar-refractivity contribution is -0.130. The maximum Gasteiger partial charge on any atom is 0.222 e. The lowest BCUT2D eigenvalue weighted by Crippen LogP contribution is -2.36. The van der Waals surface area contributed by atoms with E-state index in [1.165, 1.54) is 0 Å². The van der Waals surface area contributed by atoms with Crippen LogP contribution in [0.5, 0.6) is 0 Å². The lowest BCUT2D eigenvalue weighted by Gasteiger charge is -2.23. The van der Waals surface area contributed by atoms with Crippen LogP contribution in [-0.4, -0.2) is 48.9 Å². The number of carbonyl (C=O) groups is 1. The minimum Gasteiger partial charge on any atom is -0.344 e. The van der Waals surface area contributed by atoms with Crippen LogP contribution in [0.3, 0.4) is 0 Å². The summed E-state index contributed by atoms with van der Waals surface area (Å²) in [7, 11) is 1.89. The minimum absolute atomic E-state index is 0.264. The number of hydrogen-bond acceptors (Lipinski definition) is 2. The molecule has 0 fully saturated rings. The van der Waals surface area contributed by atoms with Gasteiger partial charge in [0, 0.05) is 26.6 Å². The number of hydrogen-bond donors (Lipinski definition) is 0. The predicted octanol–water partition coefficient (Wildman–Crippen LogP) is 1.59. The molecule has 3 nitrogen and oxygen atoms in total. The average Bonchev–Trinajstić information content (AvgIpc) is 2.19. The molecule has 14 heavy (non-hydrogen) atoms. The van der Waals surface area contributed by atoms with Crippen molar-refractivity contribution in [2.45, 2.75) is 33.6 Å². The zero-order valence-electron chi connectivity index (χ0n) is 10.0. The molecule has 3 heteroatoms. The first-order valence-electron chi connectivity index (χ1n) is 5.61. The van der Waals surface area contributed by atoms with Gasteiger partial charge in [0.25, 0.3) is 0 Å². The molecule has 84 valence electrons. The van der Waals surface area contributed by atoms with Crippen molar-refractivity contribution in [1.29, 1.82) is 0 Å². The van der Waals surface area contributed by atoms with Gasteiger partial charge in [-0.3, -0.25) is 4.79 Å². The number of nitrogens with zero attached hydrogens (tertiary/aromatic N) is 2. The number of carbonyl (C=O) groups excluding carboxylic acids is 1. The average molecular weight is 200 g/mol. The third-order valence-electron chi connectivity index (χ3n) is 2.54. The summed E-state index contributed by atoms with van der Waals surface area (Å²) in [6, 6.07) is 0. The summed E-state index contributed by atoms with van der Waals surface area (Å²) in [5, 5.41) is 0. The van der Waals surface area contributed by atoms with E-state index in [0.29, 0.717) is 6.42 Å². The predicted molar refractivity (Wildman–Crippen MR) is 60.3 cm³/mol. The summed E-state index contributed by atoms with van der Waals surface area (Å²) < 4.78 is 0. The van der Waals surface area contributed by atoms with E-state index in [-0.39, 0.29) is 5.91 Å². The van der Waals surface area contributed by atoms with Crippen molar-refractivity contribution in [1.82, 2.24) is 9.80 Å². The van der Waals surface area contributed by atoms with E-state index in [1.807, 2.05) is 18.9 Å². The molecule has 0 atom stereocenters. The van der Waals surface area contributed by atoms with Crippen LogP contribution in [0.2, 0.25) is 0 Å². The van der Waals surface area contributed by atoms with Crippen molar-refractivity contribution < 1.29 is 4.79 Å². The van der Waals surface area contributed by atoms with Gasteiger partial charge in [-0.25, -0.2) is 0 Å². The van der Waals surface area contributed by atoms with Gasteiger partial charge in [-0.1, -0.05) is 20.8 Å². The van der Waals surface area contributed by atoms with Crippen LogP contribution in [-0.2, 0) is 4.79 Å². The number of amides is 1. The normalized spacial score (nSPS) is 10.6. The fraction of sp³-hybridized carbons (Fsp3) is 0.909. The largest absolute Gasteiger partial charge is 0.344 e. The van der Waals surface area contributed by atoms with Crippen LogP contribution < -0.4 is 0 Å². The van der Waals surface area contributed by atoms with Crippen LogP contribution in [0.4, 0.5) is 0 Å². The highest BCUT2D eigenvalue weighted by Crippen LogP contribution is 1.95. The van der Waals surface area contributed by atoms with Crippen molar-refractivity contribution in [2.24, 2.45) is 0 Å². The quantitative estimate of drug-likeness (QED) is 0.623. The SMILES string of the molecule is CCCC(=O)N(C)CCN(CC)CC. The molecule has 1 amide bonds. The van der Waals surface area contributed by atoms with Gasteiger partial charge < -0.3 is 9.80 Å². The van der Waals surface area contributed by atoms with Crippen LogP contribution >= 0.6 is 0 Å². The Balaban J connectivity index is 3.71. The third kappa shape index (κ3) is 5.22. The highest BCUT2D eigenvalue weighted by molar-refractivity contribution is 5.75. The molecule has 0 radical (unpaired) electrons. The second-order valence-corrected chi connectivity index (χ2v) is 3.59. The van der Waals surface area contributed by atoms with E-state index >= 15 is 0 Å². The molecule has 0 rings (SSSR count). The van der Waals surface area contributed by atoms with E-state index < -0.39 is 0 Å². The Morgan fingerprint density at radius 2 is 1.64 bits per heavy atom. The molecular formula is C11H24N2O. The van der Waals surface area contributed by atoms with Crippen LogP contribution in [0.1, 0.15) is 33.6 Å². The summed E-state index contributed by atoms with van der Waals surface area (Å²) in [4.78, 5) is 15.6. The van der Waals surface area contributed by atoms with Crippen molar-refractivity contribution >= 4 is 5.91 Å². The topological polar surface area (TPSA) is 23.6 Å². The monoisotopic (exact) mass is 200 g/mol. The second kappa shape index (κ2) is 7.80. The Morgan fingerprint density at radius 3 is 2.07 bits per heavy atom. The lowest BCUT2D eigenvalue weighted by atomic mass is 10.3. The Morgan fingerprint density at radius 1 is 1.07 bits per heavy atom. The summed E-state index contributed by atoms with van der Waals surface area (Å²) in [6.45, 7) is 10.3. The van der Waals surface area contributed by atoms with E-state index in [9.17, 15) is 4.79 Å². The molecule has 0 saturated heterocycles. The summed E-state index contributed by atoms with van der Waals surface area (Å²) in [6.07, 6.45) is 1.61.